The molecule has 0 aromatic carbocycles. The summed E-state index contributed by atoms with van der Waals surface area (Å²) in [6.45, 7) is -2.60. The summed E-state index contributed by atoms with van der Waals surface area (Å²) in [6, 6.07) is 0. The van der Waals surface area contributed by atoms with Gasteiger partial charge >= 0.3 is 23.9 Å². The molecule has 66 heavy (non-hydrogen) atoms. The highest BCUT2D eigenvalue weighted by Crippen LogP contribution is 2.35. The molecule has 0 spiro atoms. The van der Waals surface area contributed by atoms with Crippen molar-refractivity contribution in [3.63, 3.8) is 0 Å². The molecule has 0 bridgehead atoms. The zero-order valence-electron chi connectivity index (χ0n) is 36.4. The van der Waals surface area contributed by atoms with E-state index in [1.165, 1.54) is 21.1 Å². The lowest BCUT2D eigenvalue weighted by molar-refractivity contribution is -0.360. The Morgan fingerprint density at radius 2 is 0.833 bits per heavy atom. The molecule has 4 fully saturated rings. The summed E-state index contributed by atoms with van der Waals surface area (Å²) in [6.07, 6.45) is -27.6. The van der Waals surface area contributed by atoms with Gasteiger partial charge < -0.3 is 117 Å². The highest BCUT2D eigenvalue weighted by atomic mass is 16.8. The van der Waals surface area contributed by atoms with Gasteiger partial charge in [-0.2, -0.15) is 0 Å². The first-order chi connectivity index (χ1) is 31.3. The van der Waals surface area contributed by atoms with Crippen LogP contribution in [0, 0.1) is 5.92 Å². The number of carboxylic acid groups (broad SMARTS) is 4. The number of carbonyl (C=O) groups is 4. The molecule has 28 nitrogen and oxygen atoms in total. The Morgan fingerprint density at radius 3 is 1.32 bits per heavy atom. The van der Waals surface area contributed by atoms with Gasteiger partial charge in [0.2, 0.25) is 0 Å². The van der Waals surface area contributed by atoms with E-state index in [1.807, 2.05) is 0 Å². The Morgan fingerprint density at radius 1 is 0.424 bits per heavy atom. The standard InChI is InChI=1S/C38H62O28/c1-15-17(7-55-11-21(39)40)62-38(66-32-19(9-57-13-23(43)44)63-36(54-4)29(51)28(32)50)35(25(15)47)60-6-5-59-34-30(52)37(64-20(33(34)53-3)10-58-14-24(45)46)65-31-18(8-56-12-22(41)42)61-16(2)26(48)27(31)49/h15-20,25-38,47-52H,5-14H2,1-4H3,(H,39,40)(H,41,42)(H,43,44)(H,45,46)/t15-,16+,17?,18?,19+,20+,25+,26?,27-,28?,29?,30?,31-,32+,33+,34?,35?,36+,37-,38+/m1/s1. The minimum Gasteiger partial charge on any atom is -0.480 e. The van der Waals surface area contributed by atoms with Crippen molar-refractivity contribution in [2.45, 2.75) is 130 Å². The zero-order chi connectivity index (χ0) is 48.8. The highest BCUT2D eigenvalue weighted by molar-refractivity contribution is 5.68. The second-order valence-electron chi connectivity index (χ2n) is 15.8. The molecule has 0 radical (unpaired) electrons. The summed E-state index contributed by atoms with van der Waals surface area (Å²) in [5.41, 5.74) is 0. The van der Waals surface area contributed by atoms with E-state index in [9.17, 15) is 54.9 Å². The maximum atomic E-state index is 11.7. The first-order valence-electron chi connectivity index (χ1n) is 20.8. The fourth-order valence-electron chi connectivity index (χ4n) is 7.71. The number of hydrogen-bond acceptors (Lipinski definition) is 24. The lowest BCUT2D eigenvalue weighted by Crippen LogP contribution is -2.65. The largest absolute Gasteiger partial charge is 0.480 e. The van der Waals surface area contributed by atoms with Crippen LogP contribution in [-0.2, 0) is 85.5 Å². The lowest BCUT2D eigenvalue weighted by atomic mass is 9.90. The molecule has 8 unspecified atom stereocenters. The fraction of sp³-hybridized carbons (Fsp3) is 0.895. The minimum atomic E-state index is -1.78. The maximum absolute atomic E-state index is 11.7. The van der Waals surface area contributed by atoms with Crippen LogP contribution in [0.3, 0.4) is 0 Å². The molecular weight excluding hydrogens is 904 g/mol. The monoisotopic (exact) mass is 966 g/mol. The van der Waals surface area contributed by atoms with E-state index < -0.39 is 206 Å². The Kier molecular flexibility index (Phi) is 22.6. The fourth-order valence-corrected chi connectivity index (χ4v) is 7.71. The molecule has 0 saturated carbocycles. The third-order valence-electron chi connectivity index (χ3n) is 11.0. The van der Waals surface area contributed by atoms with Gasteiger partial charge in [-0.05, 0) is 6.92 Å². The predicted molar refractivity (Wildman–Crippen MR) is 206 cm³/mol. The number of aliphatic hydroxyl groups excluding tert-OH is 6. The third kappa shape index (κ3) is 15.3. The molecule has 0 amide bonds. The van der Waals surface area contributed by atoms with Gasteiger partial charge in [0.1, 0.15) is 106 Å². The van der Waals surface area contributed by atoms with Crippen molar-refractivity contribution >= 4 is 23.9 Å². The number of carboxylic acids is 4. The summed E-state index contributed by atoms with van der Waals surface area (Å²) in [5, 5.41) is 103. The van der Waals surface area contributed by atoms with E-state index in [0.717, 1.165) is 0 Å². The number of ether oxygens (including phenoxy) is 14. The summed E-state index contributed by atoms with van der Waals surface area (Å²) in [4.78, 5) is 44.7. The first kappa shape index (κ1) is 55.7. The van der Waals surface area contributed by atoms with Crippen LogP contribution in [-0.4, -0.2) is 272 Å². The Balaban J connectivity index is 1.55. The molecule has 4 aliphatic rings. The maximum Gasteiger partial charge on any atom is 0.329 e. The average molecular weight is 967 g/mol. The molecule has 4 aliphatic heterocycles. The van der Waals surface area contributed by atoms with Crippen molar-refractivity contribution in [2.24, 2.45) is 5.92 Å². The van der Waals surface area contributed by atoms with Gasteiger partial charge in [-0.3, -0.25) is 0 Å². The molecule has 0 aromatic rings. The first-order valence-corrected chi connectivity index (χ1v) is 20.8. The topological polar surface area (TPSA) is 400 Å². The van der Waals surface area contributed by atoms with E-state index in [0.29, 0.717) is 0 Å². The van der Waals surface area contributed by atoms with Gasteiger partial charge in [0.25, 0.3) is 0 Å². The highest BCUT2D eigenvalue weighted by Gasteiger charge is 2.53. The number of aliphatic carboxylic acids is 4. The van der Waals surface area contributed by atoms with Crippen molar-refractivity contribution in [1.29, 1.82) is 0 Å². The van der Waals surface area contributed by atoms with E-state index >= 15 is 0 Å². The predicted octanol–water partition coefficient (Wildman–Crippen LogP) is -5.64. The van der Waals surface area contributed by atoms with Crippen molar-refractivity contribution < 1.29 is 137 Å². The Hall–Kier alpha value is -2.92. The van der Waals surface area contributed by atoms with E-state index in [2.05, 4.69) is 0 Å². The van der Waals surface area contributed by atoms with E-state index in [-0.39, 0.29) is 6.61 Å². The number of hydrogen-bond donors (Lipinski definition) is 10. The normalized spacial score (nSPS) is 39.6. The number of methoxy groups -OCH3 is 2. The summed E-state index contributed by atoms with van der Waals surface area (Å²) < 4.78 is 79.2. The van der Waals surface area contributed by atoms with Gasteiger partial charge in [0.15, 0.2) is 18.9 Å². The second-order valence-corrected chi connectivity index (χ2v) is 15.8. The third-order valence-corrected chi connectivity index (χ3v) is 11.0. The minimum absolute atomic E-state index is 0.359. The molecule has 4 saturated heterocycles. The van der Waals surface area contributed by atoms with Crippen molar-refractivity contribution in [3.05, 3.63) is 0 Å². The Labute approximate surface area is 376 Å². The van der Waals surface area contributed by atoms with Gasteiger partial charge in [-0.15, -0.1) is 0 Å². The summed E-state index contributed by atoms with van der Waals surface area (Å²) in [7, 11) is 2.41. The van der Waals surface area contributed by atoms with E-state index in [4.69, 9.17) is 81.6 Å². The molecule has 20 atom stereocenters. The van der Waals surface area contributed by atoms with Gasteiger partial charge in [-0.25, -0.2) is 19.2 Å². The summed E-state index contributed by atoms with van der Waals surface area (Å²) in [5.74, 6) is -6.06. The van der Waals surface area contributed by atoms with Crippen LogP contribution in [0.5, 0.6) is 0 Å². The molecule has 4 rings (SSSR count). The molecule has 0 aromatic heterocycles. The van der Waals surface area contributed by atoms with Crippen LogP contribution in [0.2, 0.25) is 0 Å². The van der Waals surface area contributed by atoms with Crippen LogP contribution in [0.4, 0.5) is 0 Å². The van der Waals surface area contributed by atoms with Gasteiger partial charge in [0, 0.05) is 20.1 Å². The van der Waals surface area contributed by atoms with Crippen LogP contribution >= 0.6 is 0 Å². The van der Waals surface area contributed by atoms with Gasteiger partial charge in [-0.1, -0.05) is 6.92 Å². The number of aliphatic hydroxyl groups is 6. The van der Waals surface area contributed by atoms with E-state index in [1.54, 1.807) is 6.92 Å². The molecule has 0 aliphatic carbocycles. The molecule has 382 valence electrons. The number of rotatable bonds is 27. The zero-order valence-corrected chi connectivity index (χ0v) is 36.4. The second kappa shape index (κ2) is 26.7. The van der Waals surface area contributed by atoms with Crippen molar-refractivity contribution in [1.82, 2.24) is 0 Å². The average Bonchev–Trinajstić information content (AvgIpc) is 3.25. The Bertz CT molecular complexity index is 1510. The molecular formula is C38H62O28. The smallest absolute Gasteiger partial charge is 0.329 e. The molecule has 4 heterocycles. The quantitative estimate of drug-likeness (QED) is 0.0343. The van der Waals surface area contributed by atoms with Crippen LogP contribution < -0.4 is 0 Å². The van der Waals surface area contributed by atoms with Crippen molar-refractivity contribution in [3.8, 4) is 0 Å². The van der Waals surface area contributed by atoms with Gasteiger partial charge in [0.05, 0.1) is 58.0 Å². The lowest BCUT2D eigenvalue weighted by Gasteiger charge is -2.48. The molecule has 28 heteroatoms. The SMILES string of the molecule is CO[C@H]1O[C@@H](COCC(=O)O)[C@H](O[C@@H]2OC(COCC(=O)O)[C@@H](C)[C@H](O)C2OCCOC2C(O)[C@@H](O[C@@H]3C(COCC(=O)O)O[C@@H](C)C(O)[C@H]3O)O[C@@H](COCC(=O)O)[C@@H]2OC)C(O)C1O. The van der Waals surface area contributed by atoms with Crippen LogP contribution in [0.15, 0.2) is 0 Å². The summed E-state index contributed by atoms with van der Waals surface area (Å²) >= 11 is 0. The van der Waals surface area contributed by atoms with Crippen molar-refractivity contribution in [2.75, 3.05) is 80.3 Å². The van der Waals surface area contributed by atoms with Crippen LogP contribution in [0.1, 0.15) is 13.8 Å². The molecule has 10 N–H and O–H groups in total. The van der Waals surface area contributed by atoms with Crippen LogP contribution in [0.25, 0.3) is 0 Å².